The average Bonchev–Trinajstić information content (AvgIpc) is 2.98. The van der Waals surface area contributed by atoms with Gasteiger partial charge in [-0.1, -0.05) is 47.5 Å². The first kappa shape index (κ1) is 32.4. The Balaban J connectivity index is 0.000000220. The summed E-state index contributed by atoms with van der Waals surface area (Å²) in [6, 6.07) is 15.4. The Hall–Kier alpha value is -2.12. The van der Waals surface area contributed by atoms with Crippen LogP contribution in [0.15, 0.2) is 48.5 Å². The summed E-state index contributed by atoms with van der Waals surface area (Å²) in [7, 11) is 0. The van der Waals surface area contributed by atoms with Crippen LogP contribution in [0, 0.1) is 11.8 Å². The highest BCUT2D eigenvalue weighted by Crippen LogP contribution is 2.29. The van der Waals surface area contributed by atoms with Gasteiger partial charge in [-0.05, 0) is 101 Å². The topological polar surface area (TPSA) is 71.1 Å². The summed E-state index contributed by atoms with van der Waals surface area (Å²) in [5.74, 6) is 0.0166. The second-order valence-corrected chi connectivity index (χ2v) is 11.2. The maximum atomic E-state index is 11.6. The highest BCUT2D eigenvalue weighted by molar-refractivity contribution is 6.30. The SMILES string of the molecule is CCOC(=O)C1CCC(OCc2ccc(Cl)cc2)CC1.CCOC(=O)C1CCC(OCc2ccc(Cl)cc2)CC1. The minimum atomic E-state index is -0.0522. The van der Waals surface area contributed by atoms with Crippen LogP contribution in [0.1, 0.15) is 76.3 Å². The van der Waals surface area contributed by atoms with Crippen LogP contribution in [-0.2, 0) is 41.8 Å². The minimum absolute atomic E-state index is 0.0522. The molecular formula is C32H42Cl2O6. The fourth-order valence-corrected chi connectivity index (χ4v) is 5.29. The average molecular weight is 594 g/mol. The smallest absolute Gasteiger partial charge is 0.308 e. The third-order valence-electron chi connectivity index (χ3n) is 7.39. The molecule has 0 radical (unpaired) electrons. The van der Waals surface area contributed by atoms with E-state index in [1.807, 2.05) is 62.4 Å². The number of hydrogen-bond donors (Lipinski definition) is 0. The lowest BCUT2D eigenvalue weighted by atomic mass is 9.87. The molecular weight excluding hydrogens is 551 g/mol. The summed E-state index contributed by atoms with van der Waals surface area (Å²) in [6.45, 7) is 5.83. The third-order valence-corrected chi connectivity index (χ3v) is 7.89. The summed E-state index contributed by atoms with van der Waals surface area (Å²) in [5.41, 5.74) is 2.25. The summed E-state index contributed by atoms with van der Waals surface area (Å²) in [5, 5.41) is 1.48. The first-order valence-electron chi connectivity index (χ1n) is 14.4. The van der Waals surface area contributed by atoms with Crippen molar-refractivity contribution in [3.63, 3.8) is 0 Å². The van der Waals surface area contributed by atoms with Crippen molar-refractivity contribution in [3.8, 4) is 0 Å². The van der Waals surface area contributed by atoms with Crippen LogP contribution in [0.4, 0.5) is 0 Å². The third kappa shape index (κ3) is 11.4. The van der Waals surface area contributed by atoms with Gasteiger partial charge in [0.1, 0.15) is 0 Å². The zero-order valence-corrected chi connectivity index (χ0v) is 25.1. The van der Waals surface area contributed by atoms with Crippen molar-refractivity contribution in [2.24, 2.45) is 11.8 Å². The molecule has 0 N–H and O–H groups in total. The molecule has 2 aliphatic rings. The van der Waals surface area contributed by atoms with Gasteiger partial charge in [-0.2, -0.15) is 0 Å². The lowest BCUT2D eigenvalue weighted by molar-refractivity contribution is -0.151. The van der Waals surface area contributed by atoms with Crippen molar-refractivity contribution in [1.82, 2.24) is 0 Å². The van der Waals surface area contributed by atoms with Gasteiger partial charge in [0, 0.05) is 10.0 Å². The predicted molar refractivity (Wildman–Crippen MR) is 157 cm³/mol. The van der Waals surface area contributed by atoms with E-state index in [1.54, 1.807) is 0 Å². The van der Waals surface area contributed by atoms with E-state index in [9.17, 15) is 9.59 Å². The first-order valence-corrected chi connectivity index (χ1v) is 15.2. The van der Waals surface area contributed by atoms with E-state index < -0.39 is 0 Å². The van der Waals surface area contributed by atoms with Crippen LogP contribution in [0.2, 0.25) is 10.0 Å². The number of carbonyl (C=O) groups excluding carboxylic acids is 2. The van der Waals surface area contributed by atoms with E-state index in [-0.39, 0.29) is 36.0 Å². The van der Waals surface area contributed by atoms with Gasteiger partial charge in [0.25, 0.3) is 0 Å². The maximum Gasteiger partial charge on any atom is 0.308 e. The van der Waals surface area contributed by atoms with Crippen molar-refractivity contribution in [2.45, 2.75) is 90.6 Å². The summed E-state index contributed by atoms with van der Waals surface area (Å²) in [4.78, 5) is 23.3. The van der Waals surface area contributed by atoms with Crippen LogP contribution in [0.5, 0.6) is 0 Å². The quantitative estimate of drug-likeness (QED) is 0.260. The Morgan fingerprint density at radius 1 is 0.600 bits per heavy atom. The van der Waals surface area contributed by atoms with E-state index >= 15 is 0 Å². The standard InChI is InChI=1S/2C16H21ClO3/c2*1-2-19-16(18)13-5-9-15(10-6-13)20-11-12-3-7-14(17)8-4-12/h2*3-4,7-8,13,15H,2,5-6,9-11H2,1H3. The molecule has 4 rings (SSSR count). The van der Waals surface area contributed by atoms with Crippen molar-refractivity contribution in [2.75, 3.05) is 13.2 Å². The van der Waals surface area contributed by atoms with E-state index in [0.29, 0.717) is 26.4 Å². The van der Waals surface area contributed by atoms with Gasteiger partial charge in [0.05, 0.1) is 50.5 Å². The van der Waals surface area contributed by atoms with Gasteiger partial charge < -0.3 is 18.9 Å². The molecule has 0 amide bonds. The van der Waals surface area contributed by atoms with Crippen LogP contribution < -0.4 is 0 Å². The zero-order valence-electron chi connectivity index (χ0n) is 23.6. The molecule has 0 aliphatic heterocycles. The van der Waals surface area contributed by atoms with Gasteiger partial charge >= 0.3 is 11.9 Å². The Bertz CT molecular complexity index is 927. The molecule has 220 valence electrons. The van der Waals surface area contributed by atoms with Crippen LogP contribution >= 0.6 is 23.2 Å². The van der Waals surface area contributed by atoms with Crippen LogP contribution in [0.25, 0.3) is 0 Å². The number of esters is 2. The van der Waals surface area contributed by atoms with E-state index in [1.165, 1.54) is 0 Å². The summed E-state index contributed by atoms with van der Waals surface area (Å²) < 4.78 is 21.9. The second kappa shape index (κ2) is 17.6. The molecule has 8 heteroatoms. The van der Waals surface area contributed by atoms with E-state index in [4.69, 9.17) is 42.1 Å². The number of hydrogen-bond acceptors (Lipinski definition) is 6. The molecule has 0 atom stereocenters. The number of ether oxygens (including phenoxy) is 4. The van der Waals surface area contributed by atoms with E-state index in [0.717, 1.165) is 72.5 Å². The Labute approximate surface area is 248 Å². The first-order chi connectivity index (χ1) is 19.4. The fraction of sp³-hybridized carbons (Fsp3) is 0.562. The largest absolute Gasteiger partial charge is 0.466 e. The molecule has 2 aliphatic carbocycles. The van der Waals surface area contributed by atoms with Crippen LogP contribution in [0.3, 0.4) is 0 Å². The molecule has 0 bridgehead atoms. The highest BCUT2D eigenvalue weighted by Gasteiger charge is 2.28. The summed E-state index contributed by atoms with van der Waals surface area (Å²) >= 11 is 11.7. The molecule has 0 unspecified atom stereocenters. The zero-order chi connectivity index (χ0) is 28.7. The normalized spacial score (nSPS) is 22.5. The molecule has 0 aromatic heterocycles. The molecule has 2 saturated carbocycles. The van der Waals surface area contributed by atoms with Crippen molar-refractivity contribution >= 4 is 35.1 Å². The minimum Gasteiger partial charge on any atom is -0.466 e. The summed E-state index contributed by atoms with van der Waals surface area (Å²) in [6.07, 6.45) is 7.66. The monoisotopic (exact) mass is 592 g/mol. The Morgan fingerprint density at radius 2 is 0.925 bits per heavy atom. The van der Waals surface area contributed by atoms with Gasteiger partial charge in [0.2, 0.25) is 0 Å². The molecule has 2 aromatic rings. The maximum absolute atomic E-state index is 11.6. The fourth-order valence-electron chi connectivity index (χ4n) is 5.04. The number of benzene rings is 2. The molecule has 2 fully saturated rings. The number of carbonyl (C=O) groups is 2. The lowest BCUT2D eigenvalue weighted by Gasteiger charge is -2.27. The number of rotatable bonds is 10. The molecule has 0 saturated heterocycles. The molecule has 0 spiro atoms. The van der Waals surface area contributed by atoms with Gasteiger partial charge in [-0.15, -0.1) is 0 Å². The van der Waals surface area contributed by atoms with Crippen molar-refractivity contribution in [3.05, 3.63) is 69.7 Å². The number of halogens is 2. The van der Waals surface area contributed by atoms with Crippen LogP contribution in [-0.4, -0.2) is 37.4 Å². The van der Waals surface area contributed by atoms with Gasteiger partial charge in [-0.25, -0.2) is 0 Å². The molecule has 40 heavy (non-hydrogen) atoms. The predicted octanol–water partition coefficient (Wildman–Crippen LogP) is 7.96. The second-order valence-electron chi connectivity index (χ2n) is 10.3. The van der Waals surface area contributed by atoms with Gasteiger partial charge in [0.15, 0.2) is 0 Å². The Kier molecular flexibility index (Phi) is 14.3. The lowest BCUT2D eigenvalue weighted by Crippen LogP contribution is -2.27. The van der Waals surface area contributed by atoms with Gasteiger partial charge in [-0.3, -0.25) is 9.59 Å². The van der Waals surface area contributed by atoms with Crippen molar-refractivity contribution < 1.29 is 28.5 Å². The molecule has 2 aromatic carbocycles. The highest BCUT2D eigenvalue weighted by atomic mass is 35.5. The van der Waals surface area contributed by atoms with Crippen molar-refractivity contribution in [1.29, 1.82) is 0 Å². The molecule has 6 nitrogen and oxygen atoms in total. The molecule has 0 heterocycles. The van der Waals surface area contributed by atoms with E-state index in [2.05, 4.69) is 0 Å². The Morgan fingerprint density at radius 3 is 1.23 bits per heavy atom.